The lowest BCUT2D eigenvalue weighted by molar-refractivity contribution is -0.141. The van der Waals surface area contributed by atoms with E-state index in [9.17, 15) is 22.8 Å². The maximum Gasteiger partial charge on any atom is 0.435 e. The first-order valence-corrected chi connectivity index (χ1v) is 7.85. The standard InChI is InChI=1S/C17H18F3N3O3/c1-11(2)22(8-7-15(24)25)16(26)12-4-3-5-13(10-12)23-9-6-14(21-23)17(18,19)20/h3-6,9-11H,7-8H2,1-2H3,(H,24,25). The summed E-state index contributed by atoms with van der Waals surface area (Å²) >= 11 is 0. The van der Waals surface area contributed by atoms with E-state index < -0.39 is 23.7 Å². The number of alkyl halides is 3. The number of aromatic nitrogens is 2. The third-order valence-corrected chi connectivity index (χ3v) is 3.69. The second-order valence-electron chi connectivity index (χ2n) is 5.93. The number of rotatable bonds is 6. The number of hydrogen-bond acceptors (Lipinski definition) is 3. The van der Waals surface area contributed by atoms with E-state index in [0.29, 0.717) is 5.69 Å². The Morgan fingerprint density at radius 1 is 1.27 bits per heavy atom. The molecule has 0 radical (unpaired) electrons. The van der Waals surface area contributed by atoms with Crippen LogP contribution in [0.5, 0.6) is 0 Å². The third-order valence-electron chi connectivity index (χ3n) is 3.69. The molecule has 1 amide bonds. The van der Waals surface area contributed by atoms with Crippen molar-refractivity contribution in [2.24, 2.45) is 0 Å². The van der Waals surface area contributed by atoms with Crippen molar-refractivity contribution >= 4 is 11.9 Å². The Morgan fingerprint density at radius 2 is 1.96 bits per heavy atom. The molecular formula is C17H18F3N3O3. The van der Waals surface area contributed by atoms with Crippen LogP contribution in [-0.2, 0) is 11.0 Å². The zero-order valence-corrected chi connectivity index (χ0v) is 14.2. The van der Waals surface area contributed by atoms with E-state index in [1.54, 1.807) is 13.8 Å². The summed E-state index contributed by atoms with van der Waals surface area (Å²) in [6, 6.07) is 6.63. The summed E-state index contributed by atoms with van der Waals surface area (Å²) in [6.07, 6.45) is -3.58. The minimum Gasteiger partial charge on any atom is -0.481 e. The molecule has 26 heavy (non-hydrogen) atoms. The van der Waals surface area contributed by atoms with Crippen LogP contribution in [-0.4, -0.2) is 44.3 Å². The van der Waals surface area contributed by atoms with Gasteiger partial charge in [-0.3, -0.25) is 9.59 Å². The predicted molar refractivity (Wildman–Crippen MR) is 87.0 cm³/mol. The number of carbonyl (C=O) groups excluding carboxylic acids is 1. The summed E-state index contributed by atoms with van der Waals surface area (Å²) in [7, 11) is 0. The largest absolute Gasteiger partial charge is 0.481 e. The smallest absolute Gasteiger partial charge is 0.435 e. The van der Waals surface area contributed by atoms with E-state index in [2.05, 4.69) is 5.10 Å². The van der Waals surface area contributed by atoms with E-state index in [1.165, 1.54) is 29.2 Å². The van der Waals surface area contributed by atoms with Gasteiger partial charge in [-0.05, 0) is 38.1 Å². The number of carbonyl (C=O) groups is 2. The number of carboxylic acid groups (broad SMARTS) is 1. The van der Waals surface area contributed by atoms with Crippen LogP contribution in [0.2, 0.25) is 0 Å². The molecular weight excluding hydrogens is 351 g/mol. The van der Waals surface area contributed by atoms with E-state index in [-0.39, 0.29) is 24.6 Å². The first-order chi connectivity index (χ1) is 12.1. The van der Waals surface area contributed by atoms with Crippen molar-refractivity contribution in [2.75, 3.05) is 6.54 Å². The molecule has 1 aromatic heterocycles. The van der Waals surface area contributed by atoms with E-state index in [1.807, 2.05) is 0 Å². The first-order valence-electron chi connectivity index (χ1n) is 7.85. The van der Waals surface area contributed by atoms with Crippen molar-refractivity contribution in [3.8, 4) is 5.69 Å². The molecule has 0 aliphatic heterocycles. The molecule has 0 atom stereocenters. The van der Waals surface area contributed by atoms with Crippen molar-refractivity contribution in [2.45, 2.75) is 32.5 Å². The highest BCUT2D eigenvalue weighted by atomic mass is 19.4. The summed E-state index contributed by atoms with van der Waals surface area (Å²) in [4.78, 5) is 24.8. The molecule has 0 saturated carbocycles. The Morgan fingerprint density at radius 3 is 2.50 bits per heavy atom. The molecule has 2 rings (SSSR count). The normalized spacial score (nSPS) is 11.6. The van der Waals surface area contributed by atoms with Crippen LogP contribution < -0.4 is 0 Å². The van der Waals surface area contributed by atoms with Crippen LogP contribution in [0, 0.1) is 0 Å². The fourth-order valence-corrected chi connectivity index (χ4v) is 2.38. The van der Waals surface area contributed by atoms with E-state index >= 15 is 0 Å². The fourth-order valence-electron chi connectivity index (χ4n) is 2.38. The molecule has 1 aromatic carbocycles. The maximum absolute atomic E-state index is 12.7. The number of aliphatic carboxylic acids is 1. The molecule has 0 unspecified atom stereocenters. The van der Waals surface area contributed by atoms with Crippen LogP contribution in [0.4, 0.5) is 13.2 Å². The second-order valence-corrected chi connectivity index (χ2v) is 5.93. The van der Waals surface area contributed by atoms with Gasteiger partial charge in [-0.2, -0.15) is 18.3 Å². The summed E-state index contributed by atoms with van der Waals surface area (Å²) < 4.78 is 39.1. The maximum atomic E-state index is 12.7. The van der Waals surface area contributed by atoms with Crippen LogP contribution in [0.3, 0.4) is 0 Å². The first kappa shape index (κ1) is 19.5. The van der Waals surface area contributed by atoms with Crippen molar-refractivity contribution in [3.05, 3.63) is 47.8 Å². The molecule has 0 fully saturated rings. The van der Waals surface area contributed by atoms with Gasteiger partial charge in [0.2, 0.25) is 0 Å². The van der Waals surface area contributed by atoms with Gasteiger partial charge in [-0.25, -0.2) is 4.68 Å². The van der Waals surface area contributed by atoms with Crippen LogP contribution in [0.25, 0.3) is 5.69 Å². The lowest BCUT2D eigenvalue weighted by Gasteiger charge is -2.26. The Hall–Kier alpha value is -2.84. The quantitative estimate of drug-likeness (QED) is 0.848. The molecule has 0 spiro atoms. The Balaban J connectivity index is 2.28. The number of carboxylic acids is 1. The number of nitrogens with zero attached hydrogens (tertiary/aromatic N) is 3. The molecule has 140 valence electrons. The monoisotopic (exact) mass is 369 g/mol. The minimum atomic E-state index is -4.55. The van der Waals surface area contributed by atoms with Crippen LogP contribution >= 0.6 is 0 Å². The topological polar surface area (TPSA) is 75.4 Å². The van der Waals surface area contributed by atoms with Crippen molar-refractivity contribution < 1.29 is 27.9 Å². The number of amides is 1. The molecule has 6 nitrogen and oxygen atoms in total. The van der Waals surface area contributed by atoms with Gasteiger partial charge < -0.3 is 10.0 Å². The van der Waals surface area contributed by atoms with Crippen molar-refractivity contribution in [3.63, 3.8) is 0 Å². The number of hydrogen-bond donors (Lipinski definition) is 1. The van der Waals surface area contributed by atoms with Crippen LogP contribution in [0.1, 0.15) is 36.3 Å². The average Bonchev–Trinajstić information content (AvgIpc) is 3.04. The van der Waals surface area contributed by atoms with Crippen molar-refractivity contribution in [1.82, 2.24) is 14.7 Å². The van der Waals surface area contributed by atoms with Gasteiger partial charge in [-0.1, -0.05) is 6.07 Å². The molecule has 2 aromatic rings. The summed E-state index contributed by atoms with van der Waals surface area (Å²) in [5.74, 6) is -1.42. The highest BCUT2D eigenvalue weighted by Gasteiger charge is 2.33. The van der Waals surface area contributed by atoms with Gasteiger partial charge in [0.05, 0.1) is 12.1 Å². The zero-order chi connectivity index (χ0) is 19.5. The van der Waals surface area contributed by atoms with Crippen molar-refractivity contribution in [1.29, 1.82) is 0 Å². The Labute approximate surface area is 147 Å². The zero-order valence-electron chi connectivity index (χ0n) is 14.2. The highest BCUT2D eigenvalue weighted by molar-refractivity contribution is 5.95. The average molecular weight is 369 g/mol. The van der Waals surface area contributed by atoms with Gasteiger partial charge in [-0.15, -0.1) is 0 Å². The number of halogens is 3. The van der Waals surface area contributed by atoms with Gasteiger partial charge in [0.25, 0.3) is 5.91 Å². The molecule has 1 heterocycles. The third kappa shape index (κ3) is 4.62. The van der Waals surface area contributed by atoms with Gasteiger partial charge in [0, 0.05) is 24.3 Å². The van der Waals surface area contributed by atoms with Gasteiger partial charge >= 0.3 is 12.1 Å². The molecule has 0 bridgehead atoms. The Bertz CT molecular complexity index is 800. The summed E-state index contributed by atoms with van der Waals surface area (Å²) in [5.41, 5.74) is -0.488. The second kappa shape index (κ2) is 7.59. The fraction of sp³-hybridized carbons (Fsp3) is 0.353. The Kier molecular flexibility index (Phi) is 5.69. The molecule has 0 aliphatic carbocycles. The van der Waals surface area contributed by atoms with E-state index in [0.717, 1.165) is 16.9 Å². The lowest BCUT2D eigenvalue weighted by Crippen LogP contribution is -2.38. The molecule has 1 N–H and O–H groups in total. The molecule has 0 saturated heterocycles. The minimum absolute atomic E-state index is 0.0378. The SMILES string of the molecule is CC(C)N(CCC(=O)O)C(=O)c1cccc(-n2ccc(C(F)(F)F)n2)c1. The number of benzene rings is 1. The lowest BCUT2D eigenvalue weighted by atomic mass is 10.1. The van der Waals surface area contributed by atoms with Crippen LogP contribution in [0.15, 0.2) is 36.5 Å². The van der Waals surface area contributed by atoms with Gasteiger partial charge in [0.15, 0.2) is 5.69 Å². The molecule has 9 heteroatoms. The van der Waals surface area contributed by atoms with Gasteiger partial charge in [0.1, 0.15) is 0 Å². The highest BCUT2D eigenvalue weighted by Crippen LogP contribution is 2.28. The summed E-state index contributed by atoms with van der Waals surface area (Å²) in [5, 5.41) is 12.3. The van der Waals surface area contributed by atoms with E-state index in [4.69, 9.17) is 5.11 Å². The summed E-state index contributed by atoms with van der Waals surface area (Å²) in [6.45, 7) is 3.55. The predicted octanol–water partition coefficient (Wildman–Crippen LogP) is 3.22. The molecule has 0 aliphatic rings.